The van der Waals surface area contributed by atoms with Crippen LogP contribution < -0.4 is 10.6 Å². The molecular formula is C20H20F7N3OS3. The van der Waals surface area contributed by atoms with Crippen LogP contribution in [0.2, 0.25) is 0 Å². The molecule has 1 aromatic heterocycles. The molecule has 1 atom stereocenters. The minimum absolute atomic E-state index is 0.0555. The lowest BCUT2D eigenvalue weighted by atomic mass is 10.2. The van der Waals surface area contributed by atoms with Gasteiger partial charge in [-0.3, -0.25) is 4.90 Å². The Bertz CT molecular complexity index is 934. The van der Waals surface area contributed by atoms with Gasteiger partial charge in [0.1, 0.15) is 0 Å². The number of morpholine rings is 1. The third kappa shape index (κ3) is 6.53. The van der Waals surface area contributed by atoms with Crippen LogP contribution in [0.25, 0.3) is 0 Å². The highest BCUT2D eigenvalue weighted by Crippen LogP contribution is 2.53. The first kappa shape index (κ1) is 27.0. The predicted octanol–water partition coefficient (Wildman–Crippen LogP) is 5.99. The number of benzene rings is 1. The first-order valence-corrected chi connectivity index (χ1v) is 12.0. The van der Waals surface area contributed by atoms with Gasteiger partial charge in [0, 0.05) is 35.1 Å². The largest absolute Gasteiger partial charge is 0.460 e. The molecule has 1 fully saturated rings. The second-order valence-corrected chi connectivity index (χ2v) is 9.81. The summed E-state index contributed by atoms with van der Waals surface area (Å²) >= 11 is 6.04. The van der Waals surface area contributed by atoms with E-state index in [4.69, 9.17) is 17.0 Å². The Balaban J connectivity index is 1.57. The van der Waals surface area contributed by atoms with Gasteiger partial charge in [0.15, 0.2) is 5.11 Å². The lowest BCUT2D eigenvalue weighted by Gasteiger charge is -2.34. The molecule has 0 bridgehead atoms. The Kier molecular flexibility index (Phi) is 8.71. The molecule has 1 aromatic carbocycles. The van der Waals surface area contributed by atoms with Crippen LogP contribution >= 0.6 is 35.3 Å². The highest BCUT2D eigenvalue weighted by molar-refractivity contribution is 8.00. The van der Waals surface area contributed by atoms with Crippen molar-refractivity contribution in [2.24, 2.45) is 0 Å². The quantitative estimate of drug-likeness (QED) is 0.240. The normalized spacial score (nSPS) is 16.8. The molecule has 188 valence electrons. The van der Waals surface area contributed by atoms with Crippen LogP contribution in [0, 0.1) is 0 Å². The fourth-order valence-electron chi connectivity index (χ4n) is 3.13. The highest BCUT2D eigenvalue weighted by Gasteiger charge is 2.73. The zero-order valence-electron chi connectivity index (χ0n) is 17.4. The van der Waals surface area contributed by atoms with Gasteiger partial charge >= 0.3 is 17.4 Å². The number of hydrogen-bond acceptors (Lipinski definition) is 5. The number of hydrogen-bond donors (Lipinski definition) is 2. The van der Waals surface area contributed by atoms with Crippen molar-refractivity contribution in [1.29, 1.82) is 0 Å². The van der Waals surface area contributed by atoms with Crippen molar-refractivity contribution in [2.45, 2.75) is 28.3 Å². The summed E-state index contributed by atoms with van der Waals surface area (Å²) in [5.74, 6) is -6.17. The molecule has 14 heteroatoms. The van der Waals surface area contributed by atoms with E-state index in [0.717, 1.165) is 30.1 Å². The van der Waals surface area contributed by atoms with Crippen LogP contribution in [-0.2, 0) is 4.74 Å². The van der Waals surface area contributed by atoms with E-state index >= 15 is 0 Å². The maximum absolute atomic E-state index is 13.6. The van der Waals surface area contributed by atoms with E-state index < -0.39 is 34.0 Å². The van der Waals surface area contributed by atoms with E-state index in [0.29, 0.717) is 25.4 Å². The molecule has 1 aliphatic rings. The number of rotatable bonds is 8. The fraction of sp³-hybridized carbons (Fsp3) is 0.450. The van der Waals surface area contributed by atoms with E-state index in [1.807, 2.05) is 17.5 Å². The van der Waals surface area contributed by atoms with E-state index in [1.165, 1.54) is 12.1 Å². The number of alkyl halides is 7. The average molecular weight is 548 g/mol. The van der Waals surface area contributed by atoms with Crippen molar-refractivity contribution in [2.75, 3.05) is 38.2 Å². The molecule has 2 N–H and O–H groups in total. The van der Waals surface area contributed by atoms with Crippen LogP contribution in [0.1, 0.15) is 10.9 Å². The summed E-state index contributed by atoms with van der Waals surface area (Å²) in [6, 6.07) is 8.58. The van der Waals surface area contributed by atoms with Crippen molar-refractivity contribution < 1.29 is 35.5 Å². The average Bonchev–Trinajstić information content (AvgIpc) is 3.29. The van der Waals surface area contributed by atoms with Gasteiger partial charge in [0.25, 0.3) is 0 Å². The Morgan fingerprint density at radius 2 is 1.71 bits per heavy atom. The molecule has 34 heavy (non-hydrogen) atoms. The molecule has 1 unspecified atom stereocenters. The number of thiophene rings is 1. The number of nitrogens with zero attached hydrogens (tertiary/aromatic N) is 1. The molecule has 0 radical (unpaired) electrons. The molecule has 0 spiro atoms. The molecule has 2 aromatic rings. The lowest BCUT2D eigenvalue weighted by molar-refractivity contribution is -0.330. The van der Waals surface area contributed by atoms with E-state index in [2.05, 4.69) is 15.5 Å². The van der Waals surface area contributed by atoms with Crippen LogP contribution in [0.5, 0.6) is 0 Å². The van der Waals surface area contributed by atoms with E-state index in [9.17, 15) is 30.7 Å². The van der Waals surface area contributed by atoms with Gasteiger partial charge in [0.05, 0.1) is 19.3 Å². The van der Waals surface area contributed by atoms with Gasteiger partial charge in [-0.2, -0.15) is 30.7 Å². The number of anilines is 1. The van der Waals surface area contributed by atoms with Gasteiger partial charge in [-0.25, -0.2) is 0 Å². The molecule has 4 nitrogen and oxygen atoms in total. The number of thioether (sulfide) groups is 1. The zero-order valence-corrected chi connectivity index (χ0v) is 19.8. The van der Waals surface area contributed by atoms with Crippen molar-refractivity contribution in [3.63, 3.8) is 0 Å². The summed E-state index contributed by atoms with van der Waals surface area (Å²) < 4.78 is 95.6. The standard InChI is InChI=1S/C20H20F7N3OS3/c21-18(22,19(23,24)25)20(26,27)34-14-5-3-13(4-6-14)29-17(32)28-12-15(16-2-1-11-33-16)30-7-9-31-10-8-30/h1-6,11,15H,7-10,12H2,(H2,28,29,32). The highest BCUT2D eigenvalue weighted by atomic mass is 32.2. The van der Waals surface area contributed by atoms with Crippen LogP contribution in [0.4, 0.5) is 36.4 Å². The van der Waals surface area contributed by atoms with Crippen molar-refractivity contribution in [3.8, 4) is 0 Å². The summed E-state index contributed by atoms with van der Waals surface area (Å²) in [5, 5.41) is 2.80. The number of nitrogens with one attached hydrogen (secondary N) is 2. The third-order valence-electron chi connectivity index (χ3n) is 4.89. The number of thiocarbonyl (C=S) groups is 1. The number of ether oxygens (including phenoxy) is 1. The predicted molar refractivity (Wildman–Crippen MR) is 122 cm³/mol. The van der Waals surface area contributed by atoms with Gasteiger partial charge in [-0.15, -0.1) is 11.3 Å². The SMILES string of the molecule is FC(F)(F)C(F)(F)C(F)(F)Sc1ccc(NC(=S)NCC(c2cccs2)N2CCOCC2)cc1. The van der Waals surface area contributed by atoms with Gasteiger partial charge < -0.3 is 15.4 Å². The minimum Gasteiger partial charge on any atom is -0.379 e. The van der Waals surface area contributed by atoms with Crippen LogP contribution in [0.15, 0.2) is 46.7 Å². The minimum atomic E-state index is -6.37. The van der Waals surface area contributed by atoms with E-state index in [-0.39, 0.29) is 11.2 Å². The summed E-state index contributed by atoms with van der Waals surface area (Å²) in [6.45, 7) is 3.27. The first-order chi connectivity index (χ1) is 15.9. The van der Waals surface area contributed by atoms with Crippen LogP contribution in [0.3, 0.4) is 0 Å². The Morgan fingerprint density at radius 1 is 1.06 bits per heavy atom. The van der Waals surface area contributed by atoms with Crippen molar-refractivity contribution in [1.82, 2.24) is 10.2 Å². The summed E-state index contributed by atoms with van der Waals surface area (Å²) in [4.78, 5) is 2.96. The maximum Gasteiger partial charge on any atom is 0.460 e. The van der Waals surface area contributed by atoms with E-state index in [1.54, 1.807) is 11.3 Å². The molecular weight excluding hydrogens is 527 g/mol. The third-order valence-corrected chi connectivity index (χ3v) is 7.13. The Labute approximate surface area is 204 Å². The summed E-state index contributed by atoms with van der Waals surface area (Å²) in [5.41, 5.74) is 0.354. The van der Waals surface area contributed by atoms with Crippen molar-refractivity contribution in [3.05, 3.63) is 46.7 Å². The Morgan fingerprint density at radius 3 is 2.26 bits per heavy atom. The maximum atomic E-state index is 13.6. The lowest BCUT2D eigenvalue weighted by Crippen LogP contribution is -2.49. The molecule has 0 saturated carbocycles. The molecule has 2 heterocycles. The number of halogens is 7. The monoisotopic (exact) mass is 547 g/mol. The smallest absolute Gasteiger partial charge is 0.379 e. The molecule has 0 amide bonds. The van der Waals surface area contributed by atoms with Gasteiger partial charge in [-0.05, 0) is 59.7 Å². The van der Waals surface area contributed by atoms with Gasteiger partial charge in [0.2, 0.25) is 0 Å². The second kappa shape index (κ2) is 11.0. The molecule has 0 aliphatic carbocycles. The molecule has 1 aliphatic heterocycles. The second-order valence-electron chi connectivity index (χ2n) is 7.23. The first-order valence-electron chi connectivity index (χ1n) is 9.92. The summed E-state index contributed by atoms with van der Waals surface area (Å²) in [6.07, 6.45) is -6.37. The summed E-state index contributed by atoms with van der Waals surface area (Å²) in [7, 11) is 0. The topological polar surface area (TPSA) is 36.5 Å². The fourth-order valence-corrected chi connectivity index (χ4v) is 5.00. The molecule has 1 saturated heterocycles. The van der Waals surface area contributed by atoms with Crippen molar-refractivity contribution >= 4 is 46.1 Å². The Hall–Kier alpha value is -1.61. The van der Waals surface area contributed by atoms with Gasteiger partial charge in [-0.1, -0.05) is 6.07 Å². The molecule has 3 rings (SSSR count). The van der Waals surface area contributed by atoms with Crippen LogP contribution in [-0.4, -0.2) is 60.2 Å². The zero-order chi connectivity index (χ0) is 25.0.